The molecule has 1 heterocycles. The Morgan fingerprint density at radius 3 is 2.64 bits per heavy atom. The van der Waals surface area contributed by atoms with Crippen LogP contribution in [0.25, 0.3) is 0 Å². The van der Waals surface area contributed by atoms with Gasteiger partial charge in [0, 0.05) is 11.5 Å². The third-order valence-electron chi connectivity index (χ3n) is 2.31. The van der Waals surface area contributed by atoms with Crippen LogP contribution in [0, 0.1) is 5.92 Å². The Morgan fingerprint density at radius 1 is 1.50 bits per heavy atom. The van der Waals surface area contributed by atoms with E-state index in [1.807, 2.05) is 20.8 Å². The van der Waals surface area contributed by atoms with Gasteiger partial charge in [-0.05, 0) is 40.2 Å². The predicted octanol–water partition coefficient (Wildman–Crippen LogP) is 0.186. The second kappa shape index (κ2) is 4.28. The van der Waals surface area contributed by atoms with Gasteiger partial charge in [-0.3, -0.25) is 4.79 Å². The molecule has 4 N–H and O–H groups in total. The van der Waals surface area contributed by atoms with E-state index >= 15 is 0 Å². The van der Waals surface area contributed by atoms with Crippen molar-refractivity contribution in [2.24, 2.45) is 11.7 Å². The molecule has 1 rings (SSSR count). The van der Waals surface area contributed by atoms with Crippen molar-refractivity contribution in [2.45, 2.75) is 45.3 Å². The molecule has 4 nitrogen and oxygen atoms in total. The molecular weight excluding hydrogens is 178 g/mol. The summed E-state index contributed by atoms with van der Waals surface area (Å²) in [5, 5.41) is 6.11. The lowest BCUT2D eigenvalue weighted by atomic mass is 9.94. The monoisotopic (exact) mass is 199 g/mol. The highest BCUT2D eigenvalue weighted by Crippen LogP contribution is 2.15. The highest BCUT2D eigenvalue weighted by atomic mass is 16.2. The highest BCUT2D eigenvalue weighted by Gasteiger charge is 2.27. The van der Waals surface area contributed by atoms with E-state index in [9.17, 15) is 4.79 Å². The van der Waals surface area contributed by atoms with E-state index in [4.69, 9.17) is 5.73 Å². The molecule has 0 bridgehead atoms. The molecule has 0 aromatic carbocycles. The quantitative estimate of drug-likeness (QED) is 0.564. The van der Waals surface area contributed by atoms with Gasteiger partial charge < -0.3 is 16.4 Å². The molecule has 2 atom stereocenters. The molecule has 0 spiro atoms. The summed E-state index contributed by atoms with van der Waals surface area (Å²) in [4.78, 5) is 11.8. The molecule has 1 amide bonds. The summed E-state index contributed by atoms with van der Waals surface area (Å²) in [6.45, 7) is 6.81. The van der Waals surface area contributed by atoms with E-state index in [-0.39, 0.29) is 23.5 Å². The van der Waals surface area contributed by atoms with E-state index in [1.165, 1.54) is 0 Å². The zero-order chi connectivity index (χ0) is 10.8. The Hall–Kier alpha value is -0.610. The lowest BCUT2D eigenvalue weighted by Gasteiger charge is -2.30. The van der Waals surface area contributed by atoms with Crippen molar-refractivity contribution in [3.05, 3.63) is 0 Å². The molecule has 1 saturated heterocycles. The number of carbonyl (C=O) groups is 1. The first-order chi connectivity index (χ1) is 6.38. The van der Waals surface area contributed by atoms with Gasteiger partial charge in [-0.2, -0.15) is 0 Å². The van der Waals surface area contributed by atoms with Crippen LogP contribution in [0.2, 0.25) is 0 Å². The van der Waals surface area contributed by atoms with Gasteiger partial charge in [-0.1, -0.05) is 0 Å². The van der Waals surface area contributed by atoms with E-state index < -0.39 is 0 Å². The summed E-state index contributed by atoms with van der Waals surface area (Å²) in [6, 6.07) is 0. The van der Waals surface area contributed by atoms with Crippen molar-refractivity contribution in [1.82, 2.24) is 10.6 Å². The molecular formula is C10H21N3O. The number of nitrogens with one attached hydrogen (secondary N) is 2. The van der Waals surface area contributed by atoms with Crippen molar-refractivity contribution in [1.29, 1.82) is 0 Å². The predicted molar refractivity (Wildman–Crippen MR) is 56.6 cm³/mol. The molecule has 1 aliphatic heterocycles. The van der Waals surface area contributed by atoms with Crippen LogP contribution in [0.1, 0.15) is 33.6 Å². The van der Waals surface area contributed by atoms with Gasteiger partial charge in [0.15, 0.2) is 0 Å². The second-order valence-electron chi connectivity index (χ2n) is 5.02. The topological polar surface area (TPSA) is 67.2 Å². The van der Waals surface area contributed by atoms with Gasteiger partial charge in [-0.25, -0.2) is 0 Å². The van der Waals surface area contributed by atoms with Crippen LogP contribution in [0.5, 0.6) is 0 Å². The minimum Gasteiger partial charge on any atom is -0.351 e. The standard InChI is InChI=1S/C10H21N3O/c1-10(2,3)13-9(14)7-4-5-12-8(11)6-7/h7-8,12H,4-6,11H2,1-3H3,(H,13,14). The average Bonchev–Trinajstić information content (AvgIpc) is 2.01. The highest BCUT2D eigenvalue weighted by molar-refractivity contribution is 5.79. The zero-order valence-corrected chi connectivity index (χ0v) is 9.26. The fourth-order valence-corrected chi connectivity index (χ4v) is 1.66. The van der Waals surface area contributed by atoms with Gasteiger partial charge in [0.2, 0.25) is 5.91 Å². The van der Waals surface area contributed by atoms with Gasteiger partial charge >= 0.3 is 0 Å². The van der Waals surface area contributed by atoms with Crippen LogP contribution in [-0.4, -0.2) is 24.2 Å². The van der Waals surface area contributed by atoms with Crippen molar-refractivity contribution in [3.63, 3.8) is 0 Å². The molecule has 1 aliphatic rings. The van der Waals surface area contributed by atoms with E-state index in [1.54, 1.807) is 0 Å². The maximum atomic E-state index is 11.8. The molecule has 0 saturated carbocycles. The molecule has 1 fully saturated rings. The maximum Gasteiger partial charge on any atom is 0.223 e. The largest absolute Gasteiger partial charge is 0.351 e. The first-order valence-electron chi connectivity index (χ1n) is 5.19. The summed E-state index contributed by atoms with van der Waals surface area (Å²) in [5.41, 5.74) is 5.59. The number of carbonyl (C=O) groups excluding carboxylic acids is 1. The van der Waals surface area contributed by atoms with Crippen molar-refractivity contribution in [3.8, 4) is 0 Å². The van der Waals surface area contributed by atoms with Crippen LogP contribution in [0.15, 0.2) is 0 Å². The normalized spacial score (nSPS) is 28.6. The molecule has 4 heteroatoms. The number of hydrogen-bond donors (Lipinski definition) is 3. The lowest BCUT2D eigenvalue weighted by molar-refractivity contribution is -0.127. The minimum atomic E-state index is -0.147. The summed E-state index contributed by atoms with van der Waals surface area (Å²) in [6.07, 6.45) is 1.59. The van der Waals surface area contributed by atoms with Gasteiger partial charge in [-0.15, -0.1) is 0 Å². The molecule has 0 aromatic heterocycles. The van der Waals surface area contributed by atoms with Crippen LogP contribution in [0.4, 0.5) is 0 Å². The molecule has 82 valence electrons. The first kappa shape index (κ1) is 11.5. The fourth-order valence-electron chi connectivity index (χ4n) is 1.66. The lowest BCUT2D eigenvalue weighted by Crippen LogP contribution is -2.51. The average molecular weight is 199 g/mol. The zero-order valence-electron chi connectivity index (χ0n) is 9.26. The molecule has 0 aromatic rings. The second-order valence-corrected chi connectivity index (χ2v) is 5.02. The molecule has 0 radical (unpaired) electrons. The van der Waals surface area contributed by atoms with Gasteiger partial charge in [0.05, 0.1) is 6.17 Å². The van der Waals surface area contributed by atoms with Crippen LogP contribution in [-0.2, 0) is 4.79 Å². The Bertz CT molecular complexity index is 210. The van der Waals surface area contributed by atoms with Gasteiger partial charge in [0.25, 0.3) is 0 Å². The van der Waals surface area contributed by atoms with Crippen molar-refractivity contribution < 1.29 is 4.79 Å². The Morgan fingerprint density at radius 2 is 2.14 bits per heavy atom. The number of piperidine rings is 1. The summed E-state index contributed by atoms with van der Waals surface area (Å²) < 4.78 is 0. The van der Waals surface area contributed by atoms with E-state index in [0.29, 0.717) is 0 Å². The SMILES string of the molecule is CC(C)(C)NC(=O)C1CCNC(N)C1. The summed E-state index contributed by atoms with van der Waals surface area (Å²) in [7, 11) is 0. The van der Waals surface area contributed by atoms with E-state index in [0.717, 1.165) is 19.4 Å². The first-order valence-corrected chi connectivity index (χ1v) is 5.19. The van der Waals surface area contributed by atoms with Gasteiger partial charge in [0.1, 0.15) is 0 Å². The Balaban J connectivity index is 2.44. The van der Waals surface area contributed by atoms with Crippen LogP contribution in [0.3, 0.4) is 0 Å². The number of hydrogen-bond acceptors (Lipinski definition) is 3. The smallest absolute Gasteiger partial charge is 0.223 e. The Labute approximate surface area is 85.6 Å². The minimum absolute atomic E-state index is 0.0283. The number of rotatable bonds is 1. The number of amides is 1. The third-order valence-corrected chi connectivity index (χ3v) is 2.31. The Kier molecular flexibility index (Phi) is 3.50. The van der Waals surface area contributed by atoms with Crippen LogP contribution >= 0.6 is 0 Å². The maximum absolute atomic E-state index is 11.8. The third kappa shape index (κ3) is 3.64. The number of nitrogens with two attached hydrogens (primary N) is 1. The summed E-state index contributed by atoms with van der Waals surface area (Å²) in [5.74, 6) is 0.208. The summed E-state index contributed by atoms with van der Waals surface area (Å²) >= 11 is 0. The van der Waals surface area contributed by atoms with E-state index in [2.05, 4.69) is 10.6 Å². The van der Waals surface area contributed by atoms with Crippen molar-refractivity contribution >= 4 is 5.91 Å². The molecule has 14 heavy (non-hydrogen) atoms. The molecule has 0 aliphatic carbocycles. The fraction of sp³-hybridized carbons (Fsp3) is 0.900. The van der Waals surface area contributed by atoms with Crippen molar-refractivity contribution in [2.75, 3.05) is 6.54 Å². The molecule has 2 unspecified atom stereocenters. The van der Waals surface area contributed by atoms with Crippen LogP contribution < -0.4 is 16.4 Å².